The minimum atomic E-state index is 0.121. The Morgan fingerprint density at radius 1 is 1.35 bits per heavy atom. The molecule has 0 aliphatic carbocycles. The quantitative estimate of drug-likeness (QED) is 0.778. The van der Waals surface area contributed by atoms with Crippen LogP contribution >= 0.6 is 0 Å². The number of aliphatic hydroxyl groups is 1. The van der Waals surface area contributed by atoms with Crippen LogP contribution in [0.4, 0.5) is 11.9 Å². The van der Waals surface area contributed by atoms with Gasteiger partial charge in [-0.25, -0.2) is 4.68 Å². The number of rotatable bonds is 6. The smallest absolute Gasteiger partial charge is 0.257 e. The van der Waals surface area contributed by atoms with E-state index in [-0.39, 0.29) is 18.6 Å². The number of aromatic nitrogens is 5. The normalized spacial score (nSPS) is 11.0. The first kappa shape index (κ1) is 14.2. The molecule has 0 aliphatic heterocycles. The van der Waals surface area contributed by atoms with Gasteiger partial charge in [-0.3, -0.25) is 0 Å². The zero-order valence-corrected chi connectivity index (χ0v) is 11.6. The van der Waals surface area contributed by atoms with Crippen LogP contribution in [-0.4, -0.2) is 49.0 Å². The Morgan fingerprint density at radius 2 is 2.15 bits per heavy atom. The van der Waals surface area contributed by atoms with Crippen LogP contribution in [0.2, 0.25) is 0 Å². The fourth-order valence-corrected chi connectivity index (χ4v) is 1.82. The zero-order valence-electron chi connectivity index (χ0n) is 11.6. The van der Waals surface area contributed by atoms with Crippen molar-refractivity contribution in [1.82, 2.24) is 24.7 Å². The molecule has 0 spiro atoms. The fourth-order valence-electron chi connectivity index (χ4n) is 1.82. The van der Waals surface area contributed by atoms with Crippen molar-refractivity contribution in [3.8, 4) is 5.95 Å². The van der Waals surface area contributed by atoms with E-state index in [0.717, 1.165) is 0 Å². The maximum Gasteiger partial charge on any atom is 0.257 e. The Balaban J connectivity index is 2.34. The molecule has 2 aromatic heterocycles. The van der Waals surface area contributed by atoms with Crippen LogP contribution in [0.3, 0.4) is 0 Å². The van der Waals surface area contributed by atoms with E-state index in [0.29, 0.717) is 24.9 Å². The molecule has 0 radical (unpaired) electrons. The van der Waals surface area contributed by atoms with Gasteiger partial charge in [0.1, 0.15) is 0 Å². The van der Waals surface area contributed by atoms with Gasteiger partial charge in [0.15, 0.2) is 0 Å². The van der Waals surface area contributed by atoms with Crippen molar-refractivity contribution in [2.24, 2.45) is 0 Å². The second-order valence-corrected chi connectivity index (χ2v) is 4.61. The molecule has 0 unspecified atom stereocenters. The molecule has 0 fully saturated rings. The van der Waals surface area contributed by atoms with Gasteiger partial charge in [0, 0.05) is 31.6 Å². The van der Waals surface area contributed by atoms with Gasteiger partial charge in [-0.1, -0.05) is 0 Å². The molecule has 2 rings (SSSR count). The summed E-state index contributed by atoms with van der Waals surface area (Å²) in [6.07, 6.45) is 4.03. The second-order valence-electron chi connectivity index (χ2n) is 4.61. The highest BCUT2D eigenvalue weighted by Crippen LogP contribution is 2.14. The Kier molecular flexibility index (Phi) is 4.46. The number of nitrogens with zero attached hydrogens (tertiary/aromatic N) is 6. The minimum absolute atomic E-state index is 0.121. The van der Waals surface area contributed by atoms with Gasteiger partial charge in [0.25, 0.3) is 5.95 Å². The number of nitrogen functional groups attached to an aromatic ring is 1. The maximum atomic E-state index is 8.98. The lowest BCUT2D eigenvalue weighted by Crippen LogP contribution is -2.34. The molecular formula is C12H19N7O. The molecule has 0 saturated heterocycles. The van der Waals surface area contributed by atoms with Gasteiger partial charge in [0.05, 0.1) is 0 Å². The summed E-state index contributed by atoms with van der Waals surface area (Å²) < 4.78 is 1.53. The zero-order chi connectivity index (χ0) is 14.5. The van der Waals surface area contributed by atoms with E-state index < -0.39 is 0 Å². The lowest BCUT2D eigenvalue weighted by atomic mass is 10.3. The topological polar surface area (TPSA) is 106 Å². The minimum Gasteiger partial charge on any atom is -0.396 e. The van der Waals surface area contributed by atoms with Crippen LogP contribution in [0.1, 0.15) is 20.3 Å². The SMILES string of the molecule is CC(C)N(CCCO)c1nc(N)nc(-n2cccn2)n1. The standard InChI is InChI=1S/C12H19N7O/c1-9(2)18(6-4-8-20)11-15-10(13)16-12(17-11)19-7-3-5-14-19/h3,5,7,9,20H,4,6,8H2,1-2H3,(H2,13,15,16,17). The van der Waals surface area contributed by atoms with E-state index in [9.17, 15) is 0 Å². The number of hydrogen-bond donors (Lipinski definition) is 2. The molecule has 0 atom stereocenters. The first-order chi connectivity index (χ1) is 9.61. The Labute approximate surface area is 117 Å². The summed E-state index contributed by atoms with van der Waals surface area (Å²) in [5.41, 5.74) is 5.75. The lowest BCUT2D eigenvalue weighted by molar-refractivity contribution is 0.288. The number of anilines is 2. The number of aliphatic hydroxyl groups excluding tert-OH is 1. The van der Waals surface area contributed by atoms with Crippen molar-refractivity contribution < 1.29 is 5.11 Å². The molecule has 0 bridgehead atoms. The summed E-state index contributed by atoms with van der Waals surface area (Å²) in [4.78, 5) is 14.6. The van der Waals surface area contributed by atoms with Crippen molar-refractivity contribution in [3.63, 3.8) is 0 Å². The molecule has 0 amide bonds. The van der Waals surface area contributed by atoms with Crippen molar-refractivity contribution in [1.29, 1.82) is 0 Å². The van der Waals surface area contributed by atoms with Crippen LogP contribution in [0.15, 0.2) is 18.5 Å². The molecule has 3 N–H and O–H groups in total. The van der Waals surface area contributed by atoms with Crippen LogP contribution < -0.4 is 10.6 Å². The van der Waals surface area contributed by atoms with Gasteiger partial charge < -0.3 is 15.7 Å². The number of nitrogens with two attached hydrogens (primary N) is 1. The van der Waals surface area contributed by atoms with E-state index in [1.807, 2.05) is 18.7 Å². The molecule has 8 heteroatoms. The summed E-state index contributed by atoms with van der Waals surface area (Å²) in [6, 6.07) is 1.97. The highest BCUT2D eigenvalue weighted by molar-refractivity contribution is 5.38. The predicted molar refractivity (Wildman–Crippen MR) is 75.5 cm³/mol. The van der Waals surface area contributed by atoms with Crippen molar-refractivity contribution in [2.45, 2.75) is 26.3 Å². The second kappa shape index (κ2) is 6.29. The highest BCUT2D eigenvalue weighted by atomic mass is 16.3. The van der Waals surface area contributed by atoms with E-state index in [2.05, 4.69) is 20.1 Å². The monoisotopic (exact) mass is 277 g/mol. The van der Waals surface area contributed by atoms with Gasteiger partial charge in [0.2, 0.25) is 11.9 Å². The van der Waals surface area contributed by atoms with Crippen LogP contribution in [0.5, 0.6) is 0 Å². The van der Waals surface area contributed by atoms with Crippen LogP contribution in [0, 0.1) is 0 Å². The third-order valence-electron chi connectivity index (χ3n) is 2.78. The highest BCUT2D eigenvalue weighted by Gasteiger charge is 2.16. The summed E-state index contributed by atoms with van der Waals surface area (Å²) in [5, 5.41) is 13.1. The largest absolute Gasteiger partial charge is 0.396 e. The van der Waals surface area contributed by atoms with Crippen molar-refractivity contribution in [3.05, 3.63) is 18.5 Å². The number of hydrogen-bond acceptors (Lipinski definition) is 7. The van der Waals surface area contributed by atoms with E-state index >= 15 is 0 Å². The molecule has 20 heavy (non-hydrogen) atoms. The average molecular weight is 277 g/mol. The molecule has 0 saturated carbocycles. The Morgan fingerprint density at radius 3 is 2.75 bits per heavy atom. The molecule has 0 aromatic carbocycles. The Hall–Kier alpha value is -2.22. The third kappa shape index (κ3) is 3.21. The summed E-state index contributed by atoms with van der Waals surface area (Å²) >= 11 is 0. The first-order valence-electron chi connectivity index (χ1n) is 6.51. The van der Waals surface area contributed by atoms with Crippen molar-refractivity contribution >= 4 is 11.9 Å². The lowest BCUT2D eigenvalue weighted by Gasteiger charge is -2.26. The average Bonchev–Trinajstić information content (AvgIpc) is 2.92. The molecular weight excluding hydrogens is 258 g/mol. The van der Waals surface area contributed by atoms with Crippen LogP contribution in [0.25, 0.3) is 5.95 Å². The molecule has 108 valence electrons. The van der Waals surface area contributed by atoms with Crippen LogP contribution in [-0.2, 0) is 0 Å². The molecule has 8 nitrogen and oxygen atoms in total. The van der Waals surface area contributed by atoms with E-state index in [1.165, 1.54) is 4.68 Å². The predicted octanol–water partition coefficient (Wildman–Crippen LogP) is 0.237. The fraction of sp³-hybridized carbons (Fsp3) is 0.500. The summed E-state index contributed by atoms with van der Waals surface area (Å²) in [5.74, 6) is 1.02. The van der Waals surface area contributed by atoms with Gasteiger partial charge in [-0.15, -0.1) is 0 Å². The van der Waals surface area contributed by atoms with Crippen molar-refractivity contribution in [2.75, 3.05) is 23.8 Å². The molecule has 2 heterocycles. The maximum absolute atomic E-state index is 8.98. The van der Waals surface area contributed by atoms with Gasteiger partial charge in [-0.2, -0.15) is 20.1 Å². The van der Waals surface area contributed by atoms with Gasteiger partial charge >= 0.3 is 0 Å². The Bertz CT molecular complexity index is 541. The molecule has 2 aromatic rings. The third-order valence-corrected chi connectivity index (χ3v) is 2.78. The van der Waals surface area contributed by atoms with E-state index in [4.69, 9.17) is 10.8 Å². The van der Waals surface area contributed by atoms with E-state index in [1.54, 1.807) is 18.5 Å². The molecule has 0 aliphatic rings. The summed E-state index contributed by atoms with van der Waals surface area (Å²) in [6.45, 7) is 4.84. The first-order valence-corrected chi connectivity index (χ1v) is 6.51. The van der Waals surface area contributed by atoms with Gasteiger partial charge in [-0.05, 0) is 26.3 Å². The summed E-state index contributed by atoms with van der Waals surface area (Å²) in [7, 11) is 0.